The summed E-state index contributed by atoms with van der Waals surface area (Å²) in [5.74, 6) is -1.18. The third kappa shape index (κ3) is 7.10. The first-order chi connectivity index (χ1) is 20.0. The molecule has 2 aromatic rings. The number of nitrogens with one attached hydrogen (secondary N) is 2. The van der Waals surface area contributed by atoms with E-state index in [0.29, 0.717) is 62.1 Å². The fourth-order valence-corrected chi connectivity index (χ4v) is 6.69. The number of alkyl halides is 3. The van der Waals surface area contributed by atoms with Crippen LogP contribution in [-0.4, -0.2) is 95.6 Å². The van der Waals surface area contributed by atoms with E-state index < -0.39 is 23.2 Å². The summed E-state index contributed by atoms with van der Waals surface area (Å²) in [6, 6.07) is 4.30. The van der Waals surface area contributed by atoms with Crippen molar-refractivity contribution >= 4 is 29.1 Å². The van der Waals surface area contributed by atoms with E-state index in [-0.39, 0.29) is 36.0 Å². The third-order valence-electron chi connectivity index (χ3n) is 8.12. The smallest absolute Gasteiger partial charge is 0.384 e. The summed E-state index contributed by atoms with van der Waals surface area (Å²) in [6.45, 7) is 2.75. The van der Waals surface area contributed by atoms with Crippen molar-refractivity contribution in [1.82, 2.24) is 25.4 Å². The van der Waals surface area contributed by atoms with Gasteiger partial charge in [-0.3, -0.25) is 14.4 Å². The van der Waals surface area contributed by atoms with Crippen molar-refractivity contribution in [2.45, 2.75) is 56.0 Å². The lowest BCUT2D eigenvalue weighted by Crippen LogP contribution is -2.46. The summed E-state index contributed by atoms with van der Waals surface area (Å²) in [5.41, 5.74) is -2.12. The molecule has 2 saturated heterocycles. The van der Waals surface area contributed by atoms with Gasteiger partial charge in [0.15, 0.2) is 5.01 Å². The Morgan fingerprint density at radius 3 is 2.52 bits per heavy atom. The predicted molar refractivity (Wildman–Crippen MR) is 147 cm³/mol. The molecule has 0 spiro atoms. The number of thiazole rings is 1. The molecule has 1 atom stereocenters. The van der Waals surface area contributed by atoms with Crippen molar-refractivity contribution in [2.75, 3.05) is 45.9 Å². The molecule has 5 rings (SSSR count). The third-order valence-corrected chi connectivity index (χ3v) is 9.30. The quantitative estimate of drug-likeness (QED) is 0.441. The summed E-state index contributed by atoms with van der Waals surface area (Å²) in [4.78, 5) is 46.1. The van der Waals surface area contributed by atoms with E-state index in [9.17, 15) is 32.7 Å². The minimum absolute atomic E-state index is 0.0606. The number of hydrogen-bond acceptors (Lipinski definition) is 8. The van der Waals surface area contributed by atoms with Gasteiger partial charge in [-0.05, 0) is 50.3 Å². The van der Waals surface area contributed by atoms with Gasteiger partial charge in [-0.25, -0.2) is 4.98 Å². The molecule has 3 heterocycles. The van der Waals surface area contributed by atoms with Crippen LogP contribution in [0, 0.1) is 0 Å². The first-order valence-electron chi connectivity index (χ1n) is 14.1. The Labute approximate surface area is 245 Å². The predicted octanol–water partition coefficient (Wildman–Crippen LogP) is 2.39. The van der Waals surface area contributed by atoms with Gasteiger partial charge in [0, 0.05) is 50.0 Å². The molecule has 1 saturated carbocycles. The highest BCUT2D eigenvalue weighted by atomic mass is 32.1. The zero-order chi connectivity index (χ0) is 29.9. The molecule has 1 aliphatic carbocycles. The highest BCUT2D eigenvalue weighted by Crippen LogP contribution is 2.40. The topological polar surface area (TPSA) is 124 Å². The Morgan fingerprint density at radius 2 is 1.81 bits per heavy atom. The van der Waals surface area contributed by atoms with Gasteiger partial charge in [0.05, 0.1) is 30.2 Å². The number of rotatable bonds is 7. The average molecular weight is 610 g/mol. The Morgan fingerprint density at radius 1 is 1.07 bits per heavy atom. The van der Waals surface area contributed by atoms with Gasteiger partial charge < -0.3 is 30.3 Å². The van der Waals surface area contributed by atoms with Crippen LogP contribution < -0.4 is 10.6 Å². The number of amides is 3. The Hall–Kier alpha value is -3.07. The number of nitrogens with zero attached hydrogens (tertiary/aromatic N) is 3. The molecule has 10 nitrogen and oxygen atoms in total. The maximum absolute atomic E-state index is 12.9. The van der Waals surface area contributed by atoms with Crippen LogP contribution in [0.1, 0.15) is 62.7 Å². The number of aromatic nitrogens is 1. The van der Waals surface area contributed by atoms with Crippen LogP contribution in [0.3, 0.4) is 0 Å². The summed E-state index contributed by atoms with van der Waals surface area (Å²) < 4.78 is 44.1. The van der Waals surface area contributed by atoms with Gasteiger partial charge >= 0.3 is 6.18 Å². The summed E-state index contributed by atoms with van der Waals surface area (Å²) in [6.07, 6.45) is 0.268. The average Bonchev–Trinajstić information content (AvgIpc) is 3.68. The summed E-state index contributed by atoms with van der Waals surface area (Å²) in [7, 11) is 0. The fraction of sp³-hybridized carbons (Fsp3) is 0.571. The minimum Gasteiger partial charge on any atom is -0.384 e. The molecule has 2 aliphatic heterocycles. The molecule has 1 unspecified atom stereocenters. The molecule has 3 amide bonds. The second kappa shape index (κ2) is 12.7. The van der Waals surface area contributed by atoms with E-state index in [4.69, 9.17) is 4.74 Å². The van der Waals surface area contributed by atoms with Crippen molar-refractivity contribution in [1.29, 1.82) is 0 Å². The van der Waals surface area contributed by atoms with Gasteiger partial charge in [-0.15, -0.1) is 11.3 Å². The van der Waals surface area contributed by atoms with Gasteiger partial charge in [-0.2, -0.15) is 13.2 Å². The molecule has 1 aromatic heterocycles. The maximum Gasteiger partial charge on any atom is 0.416 e. The second-order valence-corrected chi connectivity index (χ2v) is 12.0. The number of aliphatic hydroxyl groups is 1. The molecule has 3 N–H and O–H groups in total. The lowest BCUT2D eigenvalue weighted by atomic mass is 9.81. The molecule has 3 aliphatic rings. The second-order valence-electron chi connectivity index (χ2n) is 11.0. The molecule has 42 heavy (non-hydrogen) atoms. The number of morpholine rings is 1. The van der Waals surface area contributed by atoms with Gasteiger partial charge in [-0.1, -0.05) is 6.07 Å². The van der Waals surface area contributed by atoms with Crippen molar-refractivity contribution < 1.29 is 37.4 Å². The van der Waals surface area contributed by atoms with Crippen LogP contribution in [0.4, 0.5) is 13.2 Å². The van der Waals surface area contributed by atoms with Gasteiger partial charge in [0.25, 0.3) is 11.8 Å². The molecule has 0 bridgehead atoms. The van der Waals surface area contributed by atoms with Crippen molar-refractivity contribution in [3.8, 4) is 0 Å². The fourth-order valence-electron chi connectivity index (χ4n) is 5.66. The van der Waals surface area contributed by atoms with Crippen molar-refractivity contribution in [2.24, 2.45) is 0 Å². The van der Waals surface area contributed by atoms with Gasteiger partial charge in [0.1, 0.15) is 5.60 Å². The lowest BCUT2D eigenvalue weighted by Gasteiger charge is -2.36. The van der Waals surface area contributed by atoms with Crippen LogP contribution in [0.15, 0.2) is 30.5 Å². The minimum atomic E-state index is -4.56. The zero-order valence-corrected chi connectivity index (χ0v) is 23.8. The monoisotopic (exact) mass is 609 g/mol. The SMILES string of the molecule is O=C(NCC(=O)N1CCC(NC2CCC(O)(c3cnc(C(=O)N4CCOCC4)s3)CC2)C1)c1cccc(C(F)(F)F)c1. The standard InChI is InChI=1S/C28H34F3N5O5S/c29-28(30,31)19-3-1-2-18(14-19)24(38)32-16-23(37)36-9-6-21(17-36)34-20-4-7-27(40,8-5-20)22-15-33-25(42-22)26(39)35-10-12-41-13-11-35/h1-3,14-15,20-21,34,40H,4-13,16-17H2,(H,32,38). The van der Waals surface area contributed by atoms with Crippen LogP contribution in [0.5, 0.6) is 0 Å². The van der Waals surface area contributed by atoms with E-state index in [2.05, 4.69) is 15.6 Å². The molecule has 0 radical (unpaired) electrons. The van der Waals surface area contributed by atoms with Crippen LogP contribution in [-0.2, 0) is 21.3 Å². The molecule has 3 fully saturated rings. The lowest BCUT2D eigenvalue weighted by molar-refractivity contribution is -0.137. The maximum atomic E-state index is 12.9. The van der Waals surface area contributed by atoms with Crippen LogP contribution >= 0.6 is 11.3 Å². The molecule has 228 valence electrons. The number of hydrogen-bond donors (Lipinski definition) is 3. The molecule has 1 aromatic carbocycles. The Kier molecular flexibility index (Phi) is 9.16. The van der Waals surface area contributed by atoms with Crippen LogP contribution in [0.25, 0.3) is 0 Å². The first kappa shape index (κ1) is 30.4. The van der Waals surface area contributed by atoms with Crippen LogP contribution in [0.2, 0.25) is 0 Å². The number of benzene rings is 1. The van der Waals surface area contributed by atoms with E-state index in [0.717, 1.165) is 37.5 Å². The molecular weight excluding hydrogens is 575 g/mol. The highest BCUT2D eigenvalue weighted by molar-refractivity contribution is 7.13. The Bertz CT molecular complexity index is 1290. The van der Waals surface area contributed by atoms with Crippen molar-refractivity contribution in [3.05, 3.63) is 51.5 Å². The zero-order valence-electron chi connectivity index (χ0n) is 23.0. The molecule has 14 heteroatoms. The van der Waals surface area contributed by atoms with Crippen molar-refractivity contribution in [3.63, 3.8) is 0 Å². The summed E-state index contributed by atoms with van der Waals surface area (Å²) in [5, 5.41) is 17.7. The largest absolute Gasteiger partial charge is 0.416 e. The van der Waals surface area contributed by atoms with E-state index in [1.54, 1.807) is 16.0 Å². The van der Waals surface area contributed by atoms with E-state index in [1.807, 2.05) is 0 Å². The summed E-state index contributed by atoms with van der Waals surface area (Å²) >= 11 is 1.25. The first-order valence-corrected chi connectivity index (χ1v) is 14.9. The van der Waals surface area contributed by atoms with E-state index in [1.165, 1.54) is 17.4 Å². The number of carbonyl (C=O) groups excluding carboxylic acids is 3. The highest BCUT2D eigenvalue weighted by Gasteiger charge is 2.38. The number of likely N-dealkylation sites (tertiary alicyclic amines) is 1. The normalized spacial score (nSPS) is 25.0. The number of halogens is 3. The van der Waals surface area contributed by atoms with E-state index >= 15 is 0 Å². The Balaban J connectivity index is 1.05. The molecular formula is C28H34F3N5O5S. The number of ether oxygens (including phenoxy) is 1. The number of carbonyl (C=O) groups is 3. The van der Waals surface area contributed by atoms with Gasteiger partial charge in [0.2, 0.25) is 5.91 Å².